The van der Waals surface area contributed by atoms with Crippen molar-refractivity contribution in [2.24, 2.45) is 0 Å². The molecule has 2 aromatic carbocycles. The predicted molar refractivity (Wildman–Crippen MR) is 148 cm³/mol. The summed E-state index contributed by atoms with van der Waals surface area (Å²) in [5.41, 5.74) is 5.20. The Morgan fingerprint density at radius 3 is 2.82 bits per heavy atom. The van der Waals surface area contributed by atoms with E-state index < -0.39 is 4.92 Å². The summed E-state index contributed by atoms with van der Waals surface area (Å²) in [4.78, 5) is 32.3. The lowest BCUT2D eigenvalue weighted by atomic mass is 9.82. The van der Waals surface area contributed by atoms with E-state index in [1.165, 1.54) is 40.8 Å². The van der Waals surface area contributed by atoms with Crippen molar-refractivity contribution in [3.05, 3.63) is 98.5 Å². The molecule has 1 aliphatic carbocycles. The van der Waals surface area contributed by atoms with Crippen LogP contribution in [0.15, 0.2) is 71.1 Å². The molecule has 0 spiro atoms. The molecule has 1 N–H and O–H groups in total. The van der Waals surface area contributed by atoms with Crippen LogP contribution < -0.4 is 5.32 Å². The van der Waals surface area contributed by atoms with Crippen LogP contribution in [0.25, 0.3) is 11.3 Å². The number of anilines is 1. The summed E-state index contributed by atoms with van der Waals surface area (Å²) in [6.45, 7) is 0. The third-order valence-corrected chi connectivity index (χ3v) is 8.17. The summed E-state index contributed by atoms with van der Waals surface area (Å²) in [5.74, 6) is 0.712. The number of benzene rings is 2. The Balaban J connectivity index is 1.17. The first kappa shape index (κ1) is 25.6. The quantitative estimate of drug-likeness (QED) is 0.156. The number of nitro benzene ring substituents is 1. The summed E-state index contributed by atoms with van der Waals surface area (Å²) >= 11 is 2.67. The summed E-state index contributed by atoms with van der Waals surface area (Å²) in [6.07, 6.45) is 3.00. The largest absolute Gasteiger partial charge is 0.302 e. The minimum atomic E-state index is -0.452. The fourth-order valence-corrected chi connectivity index (χ4v) is 6.16. The van der Waals surface area contributed by atoms with Crippen LogP contribution in [0, 0.1) is 21.4 Å². The van der Waals surface area contributed by atoms with Crippen molar-refractivity contribution in [2.45, 2.75) is 36.6 Å². The summed E-state index contributed by atoms with van der Waals surface area (Å²) in [5, 5.41) is 26.4. The Bertz CT molecular complexity index is 1530. The van der Waals surface area contributed by atoms with Gasteiger partial charge in [0.1, 0.15) is 11.1 Å². The summed E-state index contributed by atoms with van der Waals surface area (Å²) < 4.78 is 0. The molecule has 4 aromatic rings. The van der Waals surface area contributed by atoms with E-state index in [0.717, 1.165) is 30.5 Å². The lowest BCUT2D eigenvalue weighted by Crippen LogP contribution is -2.15. The SMILES string of the molecule is N#Cc1cc2c(nc1SCCC(=O)Nc1nc(-c3cccc([N+](=O)[O-])c3)cs1)CCC(c1ccccc1)C2. The van der Waals surface area contributed by atoms with Crippen LogP contribution in [0.1, 0.15) is 41.1 Å². The molecular weight excluding hydrogens is 518 g/mol. The molecule has 0 fully saturated rings. The van der Waals surface area contributed by atoms with Gasteiger partial charge in [-0.25, -0.2) is 9.97 Å². The highest BCUT2D eigenvalue weighted by molar-refractivity contribution is 7.99. The average molecular weight is 542 g/mol. The third kappa shape index (κ3) is 5.90. The molecule has 0 saturated heterocycles. The Morgan fingerprint density at radius 1 is 1.18 bits per heavy atom. The number of thiazole rings is 1. The van der Waals surface area contributed by atoms with Crippen LogP contribution in [-0.2, 0) is 17.6 Å². The first-order valence-electron chi connectivity index (χ1n) is 12.1. The van der Waals surface area contributed by atoms with Gasteiger partial charge in [0.05, 0.1) is 16.2 Å². The van der Waals surface area contributed by atoms with E-state index in [-0.39, 0.29) is 18.0 Å². The molecule has 0 aliphatic heterocycles. The van der Waals surface area contributed by atoms with E-state index in [0.29, 0.717) is 38.6 Å². The topological polar surface area (TPSA) is 122 Å². The maximum absolute atomic E-state index is 12.5. The number of carbonyl (C=O) groups excluding carboxylic acids is 1. The predicted octanol–water partition coefficient (Wildman–Crippen LogP) is 6.38. The standard InChI is InChI=1S/C28H23N5O3S2/c29-16-22-14-21-13-19(18-5-2-1-3-6-18)9-10-24(21)30-27(22)37-12-11-26(34)32-28-31-25(17-38-28)20-7-4-8-23(15-20)33(35)36/h1-8,14-15,17,19H,9-13H2,(H,31,32,34). The Hall–Kier alpha value is -4.07. The van der Waals surface area contributed by atoms with E-state index in [4.69, 9.17) is 4.98 Å². The molecule has 5 rings (SSSR count). The second kappa shape index (κ2) is 11.5. The zero-order valence-electron chi connectivity index (χ0n) is 20.3. The zero-order valence-corrected chi connectivity index (χ0v) is 21.9. The van der Waals surface area contributed by atoms with Crippen molar-refractivity contribution in [3.63, 3.8) is 0 Å². The number of nitrogens with zero attached hydrogens (tertiary/aromatic N) is 4. The smallest absolute Gasteiger partial charge is 0.270 e. The summed E-state index contributed by atoms with van der Waals surface area (Å²) in [7, 11) is 0. The molecule has 190 valence electrons. The fourth-order valence-electron chi connectivity index (χ4n) is 4.51. The minimum absolute atomic E-state index is 0.0124. The molecule has 1 unspecified atom stereocenters. The fraction of sp³-hybridized carbons (Fsp3) is 0.214. The lowest BCUT2D eigenvalue weighted by Gasteiger charge is -2.25. The van der Waals surface area contributed by atoms with E-state index in [1.54, 1.807) is 17.5 Å². The van der Waals surface area contributed by atoms with Crippen LogP contribution in [0.4, 0.5) is 10.8 Å². The molecule has 8 nitrogen and oxygen atoms in total. The molecule has 1 amide bonds. The van der Waals surface area contributed by atoms with Crippen molar-refractivity contribution in [1.82, 2.24) is 9.97 Å². The van der Waals surface area contributed by atoms with Gasteiger partial charge in [-0.05, 0) is 42.4 Å². The zero-order chi connectivity index (χ0) is 26.5. The van der Waals surface area contributed by atoms with Gasteiger partial charge in [-0.1, -0.05) is 42.5 Å². The van der Waals surface area contributed by atoms with Crippen LogP contribution in [0.2, 0.25) is 0 Å². The normalized spacial score (nSPS) is 14.3. The van der Waals surface area contributed by atoms with E-state index >= 15 is 0 Å². The number of aromatic nitrogens is 2. The molecule has 0 saturated carbocycles. The Morgan fingerprint density at radius 2 is 2.03 bits per heavy atom. The van der Waals surface area contributed by atoms with Crippen molar-refractivity contribution in [2.75, 3.05) is 11.1 Å². The van der Waals surface area contributed by atoms with Crippen molar-refractivity contribution in [3.8, 4) is 17.3 Å². The summed E-state index contributed by atoms with van der Waals surface area (Å²) in [6, 6.07) is 20.9. The number of hydrogen-bond donors (Lipinski definition) is 1. The maximum Gasteiger partial charge on any atom is 0.270 e. The van der Waals surface area contributed by atoms with Crippen LogP contribution in [-0.4, -0.2) is 26.6 Å². The number of nitro groups is 1. The number of aryl methyl sites for hydroxylation is 1. The van der Waals surface area contributed by atoms with Crippen molar-refractivity contribution < 1.29 is 9.72 Å². The highest BCUT2D eigenvalue weighted by Gasteiger charge is 2.23. The van der Waals surface area contributed by atoms with Gasteiger partial charge in [0.25, 0.3) is 5.69 Å². The van der Waals surface area contributed by atoms with Gasteiger partial charge >= 0.3 is 0 Å². The second-order valence-corrected chi connectivity index (χ2v) is 10.8. The number of thioether (sulfide) groups is 1. The number of non-ortho nitro benzene ring substituents is 1. The molecule has 1 atom stereocenters. The number of hydrogen-bond acceptors (Lipinski definition) is 8. The van der Waals surface area contributed by atoms with Crippen LogP contribution >= 0.6 is 23.1 Å². The van der Waals surface area contributed by atoms with Crippen LogP contribution in [0.3, 0.4) is 0 Å². The third-order valence-electron chi connectivity index (χ3n) is 6.41. The van der Waals surface area contributed by atoms with Gasteiger partial charge in [0.2, 0.25) is 5.91 Å². The van der Waals surface area contributed by atoms with Gasteiger partial charge in [0, 0.05) is 40.9 Å². The molecule has 2 heterocycles. The number of rotatable bonds is 8. The number of carbonyl (C=O) groups is 1. The van der Waals surface area contributed by atoms with Gasteiger partial charge in [0.15, 0.2) is 5.13 Å². The van der Waals surface area contributed by atoms with E-state index in [2.05, 4.69) is 40.6 Å². The first-order chi connectivity index (χ1) is 18.5. The molecule has 38 heavy (non-hydrogen) atoms. The van der Waals surface area contributed by atoms with E-state index in [1.807, 2.05) is 12.1 Å². The highest BCUT2D eigenvalue weighted by Crippen LogP contribution is 2.34. The molecule has 10 heteroatoms. The molecule has 2 aromatic heterocycles. The number of fused-ring (bicyclic) bond motifs is 1. The Labute approximate surface area is 227 Å². The number of nitriles is 1. The average Bonchev–Trinajstić information content (AvgIpc) is 3.41. The molecule has 0 radical (unpaired) electrons. The number of pyridine rings is 1. The monoisotopic (exact) mass is 541 g/mol. The van der Waals surface area contributed by atoms with Gasteiger partial charge in [-0.2, -0.15) is 5.26 Å². The number of amides is 1. The van der Waals surface area contributed by atoms with Crippen LogP contribution in [0.5, 0.6) is 0 Å². The maximum atomic E-state index is 12.5. The van der Waals surface area contributed by atoms with Gasteiger partial charge < -0.3 is 5.32 Å². The highest BCUT2D eigenvalue weighted by atomic mass is 32.2. The minimum Gasteiger partial charge on any atom is -0.302 e. The Kier molecular flexibility index (Phi) is 7.77. The lowest BCUT2D eigenvalue weighted by molar-refractivity contribution is -0.384. The van der Waals surface area contributed by atoms with Crippen molar-refractivity contribution in [1.29, 1.82) is 5.26 Å². The molecule has 0 bridgehead atoms. The van der Waals surface area contributed by atoms with Gasteiger partial charge in [-0.15, -0.1) is 23.1 Å². The second-order valence-electron chi connectivity index (χ2n) is 8.90. The molecule has 1 aliphatic rings. The van der Waals surface area contributed by atoms with E-state index in [9.17, 15) is 20.2 Å². The number of nitrogens with one attached hydrogen (secondary N) is 1. The van der Waals surface area contributed by atoms with Gasteiger partial charge in [-0.3, -0.25) is 14.9 Å². The first-order valence-corrected chi connectivity index (χ1v) is 14.0. The van der Waals surface area contributed by atoms with Crippen molar-refractivity contribution >= 4 is 39.8 Å². The molecular formula is C28H23N5O3S2.